The molecule has 16 heavy (non-hydrogen) atoms. The maximum absolute atomic E-state index is 5.56. The first kappa shape index (κ1) is 15.9. The zero-order chi connectivity index (χ0) is 12.8. The third-order valence-corrected chi connectivity index (χ3v) is 3.78. The van der Waals surface area contributed by atoms with Crippen molar-refractivity contribution in [2.24, 2.45) is 17.1 Å². The number of hydrogen-bond acceptors (Lipinski definition) is 2. The van der Waals surface area contributed by atoms with Crippen molar-refractivity contribution in [2.45, 2.75) is 59.9 Å². The Labute approximate surface area is 103 Å². The van der Waals surface area contributed by atoms with Crippen molar-refractivity contribution in [2.75, 3.05) is 20.1 Å². The summed E-state index contributed by atoms with van der Waals surface area (Å²) in [7, 11) is 2.24. The largest absolute Gasteiger partial charge is 0.330 e. The van der Waals surface area contributed by atoms with E-state index in [-0.39, 0.29) is 0 Å². The van der Waals surface area contributed by atoms with Gasteiger partial charge in [0.1, 0.15) is 0 Å². The molecule has 2 N–H and O–H groups in total. The predicted octanol–water partition coefficient (Wildman–Crippen LogP) is 3.12. The van der Waals surface area contributed by atoms with Gasteiger partial charge in [0.2, 0.25) is 0 Å². The van der Waals surface area contributed by atoms with Gasteiger partial charge in [-0.05, 0) is 57.7 Å². The molecule has 0 aliphatic rings. The molecular formula is C14H32N2. The second-order valence-electron chi connectivity index (χ2n) is 6.35. The van der Waals surface area contributed by atoms with Crippen LogP contribution < -0.4 is 5.73 Å². The molecular weight excluding hydrogens is 196 g/mol. The Morgan fingerprint density at radius 2 is 1.69 bits per heavy atom. The SMILES string of the molecule is CC(CCN)CCCN(C)C(C)C(C)(C)C. The van der Waals surface area contributed by atoms with Crippen LogP contribution >= 0.6 is 0 Å². The van der Waals surface area contributed by atoms with Gasteiger partial charge >= 0.3 is 0 Å². The summed E-state index contributed by atoms with van der Waals surface area (Å²) in [4.78, 5) is 2.48. The van der Waals surface area contributed by atoms with Crippen LogP contribution in [0.5, 0.6) is 0 Å². The van der Waals surface area contributed by atoms with Crippen LogP contribution in [0, 0.1) is 11.3 Å². The van der Waals surface area contributed by atoms with Crippen molar-refractivity contribution >= 4 is 0 Å². The van der Waals surface area contributed by atoms with Gasteiger partial charge in [-0.1, -0.05) is 27.7 Å². The molecule has 98 valence electrons. The maximum Gasteiger partial charge on any atom is 0.0112 e. The first-order valence-corrected chi connectivity index (χ1v) is 6.69. The zero-order valence-corrected chi connectivity index (χ0v) is 12.2. The summed E-state index contributed by atoms with van der Waals surface area (Å²) in [5.74, 6) is 0.781. The van der Waals surface area contributed by atoms with E-state index in [0.717, 1.165) is 12.5 Å². The minimum absolute atomic E-state index is 0.373. The summed E-state index contributed by atoms with van der Waals surface area (Å²) >= 11 is 0. The molecule has 0 fully saturated rings. The molecule has 0 aliphatic heterocycles. The Morgan fingerprint density at radius 3 is 2.12 bits per heavy atom. The van der Waals surface area contributed by atoms with Crippen LogP contribution in [0.2, 0.25) is 0 Å². The summed E-state index contributed by atoms with van der Waals surface area (Å²) in [6.45, 7) is 13.6. The molecule has 0 saturated carbocycles. The molecule has 0 bridgehead atoms. The standard InChI is InChI=1S/C14H32N2/c1-12(9-10-15)8-7-11-16(6)13(2)14(3,4)5/h12-13H,7-11,15H2,1-6H3. The summed E-state index contributed by atoms with van der Waals surface area (Å²) in [5.41, 5.74) is 5.93. The molecule has 0 radical (unpaired) electrons. The predicted molar refractivity (Wildman–Crippen MR) is 73.6 cm³/mol. The summed E-state index contributed by atoms with van der Waals surface area (Å²) in [6.07, 6.45) is 3.76. The van der Waals surface area contributed by atoms with Gasteiger partial charge in [0, 0.05) is 6.04 Å². The van der Waals surface area contributed by atoms with Crippen LogP contribution in [-0.2, 0) is 0 Å². The fourth-order valence-corrected chi connectivity index (χ4v) is 1.97. The first-order chi connectivity index (χ1) is 7.29. The van der Waals surface area contributed by atoms with E-state index in [1.54, 1.807) is 0 Å². The Bertz CT molecular complexity index is 172. The number of nitrogens with zero attached hydrogens (tertiary/aromatic N) is 1. The Balaban J connectivity index is 3.77. The lowest BCUT2D eigenvalue weighted by molar-refractivity contribution is 0.137. The minimum Gasteiger partial charge on any atom is -0.330 e. The van der Waals surface area contributed by atoms with Crippen molar-refractivity contribution in [3.05, 3.63) is 0 Å². The molecule has 0 rings (SSSR count). The van der Waals surface area contributed by atoms with Crippen molar-refractivity contribution in [3.63, 3.8) is 0 Å². The lowest BCUT2D eigenvalue weighted by Crippen LogP contribution is -2.39. The highest BCUT2D eigenvalue weighted by Gasteiger charge is 2.23. The van der Waals surface area contributed by atoms with Crippen LogP contribution in [0.15, 0.2) is 0 Å². The van der Waals surface area contributed by atoms with E-state index in [1.807, 2.05) is 0 Å². The van der Waals surface area contributed by atoms with Crippen molar-refractivity contribution in [1.29, 1.82) is 0 Å². The van der Waals surface area contributed by atoms with Crippen molar-refractivity contribution in [3.8, 4) is 0 Å². The van der Waals surface area contributed by atoms with Gasteiger partial charge in [-0.3, -0.25) is 0 Å². The zero-order valence-electron chi connectivity index (χ0n) is 12.2. The van der Waals surface area contributed by atoms with E-state index in [2.05, 4.69) is 46.6 Å². The summed E-state index contributed by atoms with van der Waals surface area (Å²) in [6, 6.07) is 0.636. The van der Waals surface area contributed by atoms with Gasteiger partial charge in [0.15, 0.2) is 0 Å². The highest BCUT2D eigenvalue weighted by Crippen LogP contribution is 2.23. The molecule has 0 aromatic heterocycles. The Morgan fingerprint density at radius 1 is 1.12 bits per heavy atom. The molecule has 0 aromatic carbocycles. The van der Waals surface area contributed by atoms with E-state index >= 15 is 0 Å². The number of rotatable bonds is 7. The van der Waals surface area contributed by atoms with Crippen LogP contribution in [0.1, 0.15) is 53.9 Å². The highest BCUT2D eigenvalue weighted by molar-refractivity contribution is 4.77. The summed E-state index contributed by atoms with van der Waals surface area (Å²) < 4.78 is 0. The average molecular weight is 228 g/mol. The third-order valence-electron chi connectivity index (χ3n) is 3.78. The Kier molecular flexibility index (Phi) is 7.25. The number of hydrogen-bond donors (Lipinski definition) is 1. The van der Waals surface area contributed by atoms with Crippen molar-refractivity contribution < 1.29 is 0 Å². The van der Waals surface area contributed by atoms with E-state index in [4.69, 9.17) is 5.73 Å². The lowest BCUT2D eigenvalue weighted by Gasteiger charge is -2.35. The van der Waals surface area contributed by atoms with Gasteiger partial charge in [-0.15, -0.1) is 0 Å². The van der Waals surface area contributed by atoms with E-state index in [9.17, 15) is 0 Å². The van der Waals surface area contributed by atoms with Gasteiger partial charge in [0.05, 0.1) is 0 Å². The Hall–Kier alpha value is -0.0800. The van der Waals surface area contributed by atoms with E-state index < -0.39 is 0 Å². The van der Waals surface area contributed by atoms with Crippen molar-refractivity contribution in [1.82, 2.24) is 4.90 Å². The second-order valence-corrected chi connectivity index (χ2v) is 6.35. The molecule has 2 heteroatoms. The minimum atomic E-state index is 0.373. The topological polar surface area (TPSA) is 29.3 Å². The fourth-order valence-electron chi connectivity index (χ4n) is 1.97. The maximum atomic E-state index is 5.56. The molecule has 0 saturated heterocycles. The molecule has 2 nitrogen and oxygen atoms in total. The highest BCUT2D eigenvalue weighted by atomic mass is 15.1. The van der Waals surface area contributed by atoms with Crippen LogP contribution in [0.3, 0.4) is 0 Å². The third kappa shape index (κ3) is 6.49. The molecule has 0 spiro atoms. The van der Waals surface area contributed by atoms with Gasteiger partial charge in [0.25, 0.3) is 0 Å². The normalized spacial score (nSPS) is 16.5. The van der Waals surface area contributed by atoms with Gasteiger partial charge < -0.3 is 10.6 Å². The quantitative estimate of drug-likeness (QED) is 0.725. The molecule has 2 unspecified atom stereocenters. The number of nitrogens with two attached hydrogens (primary N) is 1. The van der Waals surface area contributed by atoms with Crippen LogP contribution in [0.25, 0.3) is 0 Å². The lowest BCUT2D eigenvalue weighted by atomic mass is 9.87. The van der Waals surface area contributed by atoms with E-state index in [0.29, 0.717) is 11.5 Å². The first-order valence-electron chi connectivity index (χ1n) is 6.69. The average Bonchev–Trinajstić information content (AvgIpc) is 2.15. The molecule has 0 aliphatic carbocycles. The molecule has 2 atom stereocenters. The smallest absolute Gasteiger partial charge is 0.0112 e. The second kappa shape index (κ2) is 7.29. The molecule has 0 aromatic rings. The van der Waals surface area contributed by atoms with Crippen LogP contribution in [-0.4, -0.2) is 31.1 Å². The molecule has 0 amide bonds. The van der Waals surface area contributed by atoms with E-state index in [1.165, 1.54) is 25.8 Å². The fraction of sp³-hybridized carbons (Fsp3) is 1.00. The summed E-state index contributed by atoms with van der Waals surface area (Å²) in [5, 5.41) is 0. The van der Waals surface area contributed by atoms with Gasteiger partial charge in [-0.25, -0.2) is 0 Å². The van der Waals surface area contributed by atoms with Gasteiger partial charge in [-0.2, -0.15) is 0 Å². The molecule has 0 heterocycles. The monoisotopic (exact) mass is 228 g/mol. The van der Waals surface area contributed by atoms with Crippen LogP contribution in [0.4, 0.5) is 0 Å².